The lowest BCUT2D eigenvalue weighted by atomic mass is 10.0. The highest BCUT2D eigenvalue weighted by molar-refractivity contribution is 5.96. The average molecular weight is 186 g/mol. The van der Waals surface area contributed by atoms with Crippen molar-refractivity contribution in [3.05, 3.63) is 29.1 Å². The number of terminal acetylenes is 1. The molecule has 0 spiro atoms. The van der Waals surface area contributed by atoms with E-state index in [1.54, 1.807) is 24.1 Å². The SMILES string of the molecule is C#Cc1ccc2c(n1)CCN(C)C2=O. The van der Waals surface area contributed by atoms with Crippen LogP contribution in [0.1, 0.15) is 21.7 Å². The van der Waals surface area contributed by atoms with Crippen LogP contribution in [0.3, 0.4) is 0 Å². The van der Waals surface area contributed by atoms with Crippen LogP contribution in [0.4, 0.5) is 0 Å². The second-order valence-electron chi connectivity index (χ2n) is 3.31. The van der Waals surface area contributed by atoms with Gasteiger partial charge in [-0.2, -0.15) is 0 Å². The Bertz CT molecular complexity index is 431. The van der Waals surface area contributed by atoms with E-state index >= 15 is 0 Å². The fraction of sp³-hybridized carbons (Fsp3) is 0.273. The molecular formula is C11H10N2O. The van der Waals surface area contributed by atoms with Crippen LogP contribution in [-0.4, -0.2) is 29.4 Å². The highest BCUT2D eigenvalue weighted by Crippen LogP contribution is 2.16. The van der Waals surface area contributed by atoms with Gasteiger partial charge >= 0.3 is 0 Å². The molecule has 0 atom stereocenters. The van der Waals surface area contributed by atoms with Gasteiger partial charge in [0.1, 0.15) is 5.69 Å². The number of aromatic nitrogens is 1. The van der Waals surface area contributed by atoms with Crippen molar-refractivity contribution in [3.63, 3.8) is 0 Å². The van der Waals surface area contributed by atoms with Crippen LogP contribution in [0.15, 0.2) is 12.1 Å². The highest BCUT2D eigenvalue weighted by atomic mass is 16.2. The Kier molecular flexibility index (Phi) is 1.97. The van der Waals surface area contributed by atoms with E-state index in [2.05, 4.69) is 10.9 Å². The van der Waals surface area contributed by atoms with Crippen molar-refractivity contribution in [2.24, 2.45) is 0 Å². The average Bonchev–Trinajstić information content (AvgIpc) is 2.23. The molecule has 0 bridgehead atoms. The molecule has 0 saturated carbocycles. The lowest BCUT2D eigenvalue weighted by molar-refractivity contribution is 0.0779. The minimum Gasteiger partial charge on any atom is -0.341 e. The Labute approximate surface area is 82.8 Å². The van der Waals surface area contributed by atoms with Crippen LogP contribution >= 0.6 is 0 Å². The van der Waals surface area contributed by atoms with Crippen LogP contribution in [0, 0.1) is 12.3 Å². The Morgan fingerprint density at radius 2 is 2.36 bits per heavy atom. The van der Waals surface area contributed by atoms with Gasteiger partial charge in [0.25, 0.3) is 5.91 Å². The fourth-order valence-electron chi connectivity index (χ4n) is 1.55. The van der Waals surface area contributed by atoms with Crippen molar-refractivity contribution in [2.75, 3.05) is 13.6 Å². The predicted octanol–water partition coefficient (Wildman–Crippen LogP) is 0.691. The summed E-state index contributed by atoms with van der Waals surface area (Å²) in [6, 6.07) is 3.46. The van der Waals surface area contributed by atoms with Crippen molar-refractivity contribution < 1.29 is 4.79 Å². The number of hydrogen-bond donors (Lipinski definition) is 0. The number of amides is 1. The zero-order valence-electron chi connectivity index (χ0n) is 7.95. The molecule has 0 unspecified atom stereocenters. The van der Waals surface area contributed by atoms with Crippen molar-refractivity contribution in [2.45, 2.75) is 6.42 Å². The number of likely N-dealkylation sites (N-methyl/N-ethyl adjacent to an activating group) is 1. The number of hydrogen-bond acceptors (Lipinski definition) is 2. The van der Waals surface area contributed by atoms with E-state index in [1.807, 2.05) is 0 Å². The third-order valence-corrected chi connectivity index (χ3v) is 2.38. The van der Waals surface area contributed by atoms with Gasteiger partial charge in [-0.3, -0.25) is 4.79 Å². The Morgan fingerprint density at radius 1 is 1.57 bits per heavy atom. The first-order chi connectivity index (χ1) is 6.72. The minimum atomic E-state index is 0.0299. The van der Waals surface area contributed by atoms with Crippen molar-refractivity contribution >= 4 is 5.91 Å². The molecule has 0 aliphatic carbocycles. The first-order valence-electron chi connectivity index (χ1n) is 4.44. The Morgan fingerprint density at radius 3 is 3.07 bits per heavy atom. The van der Waals surface area contributed by atoms with Gasteiger partial charge in [0, 0.05) is 20.0 Å². The van der Waals surface area contributed by atoms with E-state index in [1.165, 1.54) is 0 Å². The summed E-state index contributed by atoms with van der Waals surface area (Å²) in [4.78, 5) is 17.6. The molecule has 3 nitrogen and oxygen atoms in total. The molecule has 1 aliphatic heterocycles. The second kappa shape index (κ2) is 3.15. The summed E-state index contributed by atoms with van der Waals surface area (Å²) in [6.07, 6.45) is 6.02. The number of carbonyl (C=O) groups is 1. The molecular weight excluding hydrogens is 176 g/mol. The van der Waals surface area contributed by atoms with Gasteiger partial charge < -0.3 is 4.90 Å². The number of rotatable bonds is 0. The molecule has 2 heterocycles. The van der Waals surface area contributed by atoms with Crippen LogP contribution in [0.2, 0.25) is 0 Å². The predicted molar refractivity (Wildman–Crippen MR) is 52.8 cm³/mol. The molecule has 0 radical (unpaired) electrons. The largest absolute Gasteiger partial charge is 0.341 e. The molecule has 0 aromatic carbocycles. The molecule has 1 aromatic heterocycles. The first kappa shape index (κ1) is 8.76. The van der Waals surface area contributed by atoms with Gasteiger partial charge in [-0.05, 0) is 12.1 Å². The van der Waals surface area contributed by atoms with E-state index in [0.717, 1.165) is 12.1 Å². The van der Waals surface area contributed by atoms with Crippen LogP contribution in [0.25, 0.3) is 0 Å². The van der Waals surface area contributed by atoms with Crippen LogP contribution in [0.5, 0.6) is 0 Å². The third-order valence-electron chi connectivity index (χ3n) is 2.38. The quantitative estimate of drug-likeness (QED) is 0.558. The zero-order chi connectivity index (χ0) is 10.1. The third kappa shape index (κ3) is 1.25. The molecule has 3 heteroatoms. The standard InChI is InChI=1S/C11H10N2O/c1-3-8-4-5-9-10(12-8)6-7-13(2)11(9)14/h1,4-5H,6-7H2,2H3. The van der Waals surface area contributed by atoms with E-state index in [0.29, 0.717) is 17.8 Å². The van der Waals surface area contributed by atoms with Crippen molar-refractivity contribution in [3.8, 4) is 12.3 Å². The smallest absolute Gasteiger partial charge is 0.255 e. The molecule has 1 amide bonds. The number of carbonyl (C=O) groups excluding carboxylic acids is 1. The number of nitrogens with zero attached hydrogens (tertiary/aromatic N) is 2. The minimum absolute atomic E-state index is 0.0299. The number of pyridine rings is 1. The molecule has 1 aromatic rings. The molecule has 2 rings (SSSR count). The van der Waals surface area contributed by atoms with Gasteiger partial charge in [0.15, 0.2) is 0 Å². The Hall–Kier alpha value is -1.82. The van der Waals surface area contributed by atoms with Crippen molar-refractivity contribution in [1.29, 1.82) is 0 Å². The molecule has 70 valence electrons. The summed E-state index contributed by atoms with van der Waals surface area (Å²) >= 11 is 0. The topological polar surface area (TPSA) is 33.2 Å². The van der Waals surface area contributed by atoms with E-state index in [4.69, 9.17) is 6.42 Å². The Balaban J connectivity index is 2.50. The summed E-state index contributed by atoms with van der Waals surface area (Å²) in [7, 11) is 1.79. The van der Waals surface area contributed by atoms with Gasteiger partial charge in [-0.1, -0.05) is 5.92 Å². The second-order valence-corrected chi connectivity index (χ2v) is 3.31. The maximum Gasteiger partial charge on any atom is 0.255 e. The molecule has 14 heavy (non-hydrogen) atoms. The summed E-state index contributed by atoms with van der Waals surface area (Å²) in [5.41, 5.74) is 2.10. The summed E-state index contributed by atoms with van der Waals surface area (Å²) in [5, 5.41) is 0. The molecule has 0 saturated heterocycles. The molecule has 0 N–H and O–H groups in total. The van der Waals surface area contributed by atoms with Gasteiger partial charge in [-0.15, -0.1) is 6.42 Å². The zero-order valence-corrected chi connectivity index (χ0v) is 7.95. The normalized spacial score (nSPS) is 14.9. The van der Waals surface area contributed by atoms with Crippen LogP contribution < -0.4 is 0 Å². The van der Waals surface area contributed by atoms with E-state index in [9.17, 15) is 4.79 Å². The monoisotopic (exact) mass is 186 g/mol. The van der Waals surface area contributed by atoms with Gasteiger partial charge in [-0.25, -0.2) is 4.98 Å². The maximum absolute atomic E-state index is 11.7. The first-order valence-corrected chi connectivity index (χ1v) is 4.44. The van der Waals surface area contributed by atoms with Crippen molar-refractivity contribution in [1.82, 2.24) is 9.88 Å². The summed E-state index contributed by atoms with van der Waals surface area (Å²) in [5.74, 6) is 2.50. The lowest BCUT2D eigenvalue weighted by Crippen LogP contribution is -2.34. The van der Waals surface area contributed by atoms with E-state index in [-0.39, 0.29) is 5.91 Å². The van der Waals surface area contributed by atoms with Gasteiger partial charge in [0.2, 0.25) is 0 Å². The summed E-state index contributed by atoms with van der Waals surface area (Å²) < 4.78 is 0. The molecule has 0 fully saturated rings. The van der Waals surface area contributed by atoms with Crippen LogP contribution in [-0.2, 0) is 6.42 Å². The summed E-state index contributed by atoms with van der Waals surface area (Å²) in [6.45, 7) is 0.715. The molecule has 1 aliphatic rings. The lowest BCUT2D eigenvalue weighted by Gasteiger charge is -2.23. The van der Waals surface area contributed by atoms with Gasteiger partial charge in [0.05, 0.1) is 11.3 Å². The fourth-order valence-corrected chi connectivity index (χ4v) is 1.55. The highest BCUT2D eigenvalue weighted by Gasteiger charge is 2.22. The maximum atomic E-state index is 11.7. The van der Waals surface area contributed by atoms with E-state index < -0.39 is 0 Å². The number of fused-ring (bicyclic) bond motifs is 1.